The normalized spacial score (nSPS) is 18.0. The molecule has 196 valence electrons. The second-order valence-corrected chi connectivity index (χ2v) is 10.4. The van der Waals surface area contributed by atoms with Gasteiger partial charge < -0.3 is 14.4 Å². The number of aliphatic imine (C=N–C) groups is 1. The smallest absolute Gasteiger partial charge is 0.283 e. The molecule has 38 heavy (non-hydrogen) atoms. The van der Waals surface area contributed by atoms with Crippen molar-refractivity contribution in [1.29, 1.82) is 5.41 Å². The minimum atomic E-state index is -0.500. The van der Waals surface area contributed by atoms with Gasteiger partial charge in [-0.3, -0.25) is 15.0 Å². The molecular formula is C28H29N5O4S. The molecule has 0 aliphatic carbocycles. The second-order valence-electron chi connectivity index (χ2n) is 9.31. The Morgan fingerprint density at radius 3 is 2.58 bits per heavy atom. The predicted molar refractivity (Wildman–Crippen MR) is 149 cm³/mol. The Kier molecular flexibility index (Phi) is 7.59. The van der Waals surface area contributed by atoms with E-state index in [9.17, 15) is 9.59 Å². The zero-order chi connectivity index (χ0) is 26.6. The van der Waals surface area contributed by atoms with Gasteiger partial charge in [0.1, 0.15) is 29.8 Å². The number of aryl methyl sites for hydroxylation is 2. The molecule has 9 nitrogen and oxygen atoms in total. The van der Waals surface area contributed by atoms with Gasteiger partial charge in [0.25, 0.3) is 5.91 Å². The fourth-order valence-electron chi connectivity index (χ4n) is 4.31. The van der Waals surface area contributed by atoms with Crippen molar-refractivity contribution < 1.29 is 19.1 Å². The molecule has 5 rings (SSSR count). The van der Waals surface area contributed by atoms with Crippen molar-refractivity contribution in [2.24, 2.45) is 10.1 Å². The maximum Gasteiger partial charge on any atom is 0.283 e. The van der Waals surface area contributed by atoms with Gasteiger partial charge in [-0.05, 0) is 79.4 Å². The number of ether oxygens (including phenoxy) is 2. The van der Waals surface area contributed by atoms with Crippen LogP contribution in [0, 0.1) is 19.3 Å². The highest BCUT2D eigenvalue weighted by Gasteiger charge is 2.36. The minimum absolute atomic E-state index is 0.0157. The average molecular weight is 532 g/mol. The quantitative estimate of drug-likeness (QED) is 0.400. The molecule has 0 unspecified atom stereocenters. The lowest BCUT2D eigenvalue weighted by Gasteiger charge is -2.20. The topological polar surface area (TPSA) is 108 Å². The van der Waals surface area contributed by atoms with Gasteiger partial charge in [-0.15, -0.1) is 0 Å². The van der Waals surface area contributed by atoms with E-state index in [1.807, 2.05) is 55.1 Å². The molecule has 0 saturated carbocycles. The van der Waals surface area contributed by atoms with E-state index < -0.39 is 5.91 Å². The molecule has 3 aliphatic rings. The lowest BCUT2D eigenvalue weighted by atomic mass is 10.1. The van der Waals surface area contributed by atoms with Gasteiger partial charge in [-0.1, -0.05) is 24.3 Å². The second kappa shape index (κ2) is 11.2. The minimum Gasteiger partial charge on any atom is -0.490 e. The SMILES string of the molecule is Cc1ccc(C)c(OCCOc2ccc(/C=C3/C(=N)N4N=C(CC(=O)N5CCCC5)SC4=NC3=O)cc2)c1. The van der Waals surface area contributed by atoms with Crippen LogP contribution < -0.4 is 9.47 Å². The Hall–Kier alpha value is -3.92. The number of amidine groups is 2. The molecule has 3 aliphatic heterocycles. The Bertz CT molecular complexity index is 1360. The average Bonchev–Trinajstić information content (AvgIpc) is 3.58. The maximum absolute atomic E-state index is 12.7. The summed E-state index contributed by atoms with van der Waals surface area (Å²) >= 11 is 1.17. The summed E-state index contributed by atoms with van der Waals surface area (Å²) in [5, 5.41) is 15.1. The van der Waals surface area contributed by atoms with Crippen LogP contribution in [-0.4, -0.2) is 64.1 Å². The molecule has 10 heteroatoms. The molecule has 0 bridgehead atoms. The van der Waals surface area contributed by atoms with Gasteiger partial charge in [0.05, 0.1) is 12.0 Å². The highest BCUT2D eigenvalue weighted by molar-refractivity contribution is 8.27. The molecule has 3 heterocycles. The molecule has 2 aromatic carbocycles. The van der Waals surface area contributed by atoms with Crippen LogP contribution in [0.25, 0.3) is 6.08 Å². The number of amides is 2. The molecule has 0 radical (unpaired) electrons. The number of hydrogen-bond acceptors (Lipinski definition) is 7. The van der Waals surface area contributed by atoms with E-state index in [-0.39, 0.29) is 23.7 Å². The first-order valence-corrected chi connectivity index (χ1v) is 13.4. The van der Waals surface area contributed by atoms with Gasteiger partial charge >= 0.3 is 0 Å². The largest absolute Gasteiger partial charge is 0.490 e. The number of carbonyl (C=O) groups is 2. The molecule has 1 N–H and O–H groups in total. The third kappa shape index (κ3) is 5.80. The summed E-state index contributed by atoms with van der Waals surface area (Å²) in [4.78, 5) is 31.1. The van der Waals surface area contributed by atoms with Gasteiger partial charge in [0.2, 0.25) is 11.1 Å². The van der Waals surface area contributed by atoms with Crippen LogP contribution >= 0.6 is 11.8 Å². The van der Waals surface area contributed by atoms with Crippen molar-refractivity contribution in [3.05, 3.63) is 64.7 Å². The van der Waals surface area contributed by atoms with E-state index in [0.717, 1.165) is 48.4 Å². The number of benzene rings is 2. The maximum atomic E-state index is 12.7. The Morgan fingerprint density at radius 1 is 1.08 bits per heavy atom. The highest BCUT2D eigenvalue weighted by atomic mass is 32.2. The molecule has 2 amide bonds. The van der Waals surface area contributed by atoms with Crippen LogP contribution in [0.15, 0.2) is 58.1 Å². The number of thioether (sulfide) groups is 1. The fourth-order valence-corrected chi connectivity index (χ4v) is 5.19. The molecule has 0 aromatic heterocycles. The predicted octanol–water partition coefficient (Wildman–Crippen LogP) is 4.39. The first kappa shape index (κ1) is 25.7. The van der Waals surface area contributed by atoms with Gasteiger partial charge in [-0.25, -0.2) is 0 Å². The molecule has 0 spiro atoms. The van der Waals surface area contributed by atoms with Crippen LogP contribution in [-0.2, 0) is 9.59 Å². The summed E-state index contributed by atoms with van der Waals surface area (Å²) in [6.45, 7) is 6.39. The Morgan fingerprint density at radius 2 is 1.82 bits per heavy atom. The van der Waals surface area contributed by atoms with Crippen molar-refractivity contribution in [2.45, 2.75) is 33.1 Å². The number of nitrogens with zero attached hydrogens (tertiary/aromatic N) is 4. The van der Waals surface area contributed by atoms with Crippen molar-refractivity contribution >= 4 is 45.7 Å². The summed E-state index contributed by atoms with van der Waals surface area (Å²) in [5.41, 5.74) is 3.10. The Balaban J connectivity index is 1.18. The van der Waals surface area contributed by atoms with Gasteiger partial charge in [-0.2, -0.15) is 15.1 Å². The van der Waals surface area contributed by atoms with E-state index in [1.165, 1.54) is 16.8 Å². The lowest BCUT2D eigenvalue weighted by Crippen LogP contribution is -2.35. The first-order chi connectivity index (χ1) is 18.4. The number of hydrogen-bond donors (Lipinski definition) is 1. The number of fused-ring (bicyclic) bond motifs is 1. The zero-order valence-corrected chi connectivity index (χ0v) is 22.2. The van der Waals surface area contributed by atoms with Crippen molar-refractivity contribution in [2.75, 3.05) is 26.3 Å². The van der Waals surface area contributed by atoms with Gasteiger partial charge in [0, 0.05) is 13.1 Å². The molecule has 2 aromatic rings. The van der Waals surface area contributed by atoms with E-state index in [4.69, 9.17) is 14.9 Å². The van der Waals surface area contributed by atoms with E-state index in [0.29, 0.717) is 29.2 Å². The van der Waals surface area contributed by atoms with Crippen molar-refractivity contribution in [1.82, 2.24) is 9.91 Å². The summed E-state index contributed by atoms with van der Waals surface area (Å²) < 4.78 is 11.6. The van der Waals surface area contributed by atoms with Crippen LogP contribution in [0.5, 0.6) is 11.5 Å². The van der Waals surface area contributed by atoms with Crippen molar-refractivity contribution in [3.63, 3.8) is 0 Å². The van der Waals surface area contributed by atoms with E-state index in [2.05, 4.69) is 16.2 Å². The summed E-state index contributed by atoms with van der Waals surface area (Å²) in [5.74, 6) is 0.990. The zero-order valence-electron chi connectivity index (χ0n) is 21.4. The molecule has 1 saturated heterocycles. The van der Waals surface area contributed by atoms with Gasteiger partial charge in [0.15, 0.2) is 5.84 Å². The summed E-state index contributed by atoms with van der Waals surface area (Å²) in [7, 11) is 0. The van der Waals surface area contributed by atoms with E-state index in [1.54, 1.807) is 6.08 Å². The summed E-state index contributed by atoms with van der Waals surface area (Å²) in [6, 6.07) is 13.3. The van der Waals surface area contributed by atoms with Crippen molar-refractivity contribution in [3.8, 4) is 11.5 Å². The van der Waals surface area contributed by atoms with Crippen LogP contribution in [0.4, 0.5) is 0 Å². The molecule has 0 atom stereocenters. The number of rotatable bonds is 8. The molecular weight excluding hydrogens is 502 g/mol. The standard InChI is InChI=1S/C28H29N5O4S/c1-18-5-6-19(2)23(15-18)37-14-13-36-21-9-7-20(8-10-21)16-22-26(29)33-28(30-27(22)35)38-24(31-33)17-25(34)32-11-3-4-12-32/h5-10,15-16,29H,3-4,11-14,17H2,1-2H3/b22-16-,29-26?. The number of nitrogens with one attached hydrogen (secondary N) is 1. The number of likely N-dealkylation sites (tertiary alicyclic amines) is 1. The third-order valence-corrected chi connectivity index (χ3v) is 7.31. The molecule has 1 fully saturated rings. The monoisotopic (exact) mass is 531 g/mol. The number of carbonyl (C=O) groups excluding carboxylic acids is 2. The van der Waals surface area contributed by atoms with Crippen LogP contribution in [0.3, 0.4) is 0 Å². The fraction of sp³-hybridized carbons (Fsp3) is 0.321. The highest BCUT2D eigenvalue weighted by Crippen LogP contribution is 2.30. The van der Waals surface area contributed by atoms with E-state index >= 15 is 0 Å². The lowest BCUT2D eigenvalue weighted by molar-refractivity contribution is -0.128. The third-order valence-electron chi connectivity index (χ3n) is 6.40. The van der Waals surface area contributed by atoms with Crippen LogP contribution in [0.2, 0.25) is 0 Å². The number of hydrazone groups is 1. The first-order valence-electron chi connectivity index (χ1n) is 12.6. The van der Waals surface area contributed by atoms with Crippen LogP contribution in [0.1, 0.15) is 36.0 Å². The summed E-state index contributed by atoms with van der Waals surface area (Å²) in [6.07, 6.45) is 3.81. The Labute approximate surface area is 225 Å².